The molecular formula is C14H24O3S. The fourth-order valence-corrected chi connectivity index (χ4v) is 4.15. The van der Waals surface area contributed by atoms with Crippen molar-refractivity contribution >= 4 is 17.5 Å². The minimum Gasteiger partial charge on any atom is -0.381 e. The molecule has 2 aliphatic rings. The smallest absolute Gasteiger partial charge is 0.138 e. The number of carbonyl (C=O) groups is 1. The Morgan fingerprint density at radius 2 is 2.22 bits per heavy atom. The van der Waals surface area contributed by atoms with Crippen LogP contribution in [-0.2, 0) is 14.3 Å². The molecule has 0 aromatic heterocycles. The first kappa shape index (κ1) is 14.4. The van der Waals surface area contributed by atoms with E-state index in [1.54, 1.807) is 0 Å². The number of hydrogen-bond donors (Lipinski definition) is 0. The molecule has 1 atom stereocenters. The van der Waals surface area contributed by atoms with Gasteiger partial charge in [-0.05, 0) is 44.1 Å². The molecule has 2 heterocycles. The van der Waals surface area contributed by atoms with Crippen molar-refractivity contribution in [3.63, 3.8) is 0 Å². The Labute approximate surface area is 114 Å². The molecule has 0 N–H and O–H groups in total. The third-order valence-electron chi connectivity index (χ3n) is 4.05. The van der Waals surface area contributed by atoms with Gasteiger partial charge in [0.15, 0.2) is 0 Å². The summed E-state index contributed by atoms with van der Waals surface area (Å²) in [5.41, 5.74) is 0.0233. The molecule has 18 heavy (non-hydrogen) atoms. The van der Waals surface area contributed by atoms with Crippen LogP contribution in [0.3, 0.4) is 0 Å². The summed E-state index contributed by atoms with van der Waals surface area (Å²) in [6.45, 7) is 4.00. The maximum absolute atomic E-state index is 12.2. The second kappa shape index (κ2) is 6.92. The maximum Gasteiger partial charge on any atom is 0.138 e. The average molecular weight is 272 g/mol. The van der Waals surface area contributed by atoms with Crippen molar-refractivity contribution in [3.8, 4) is 0 Å². The van der Waals surface area contributed by atoms with E-state index in [1.807, 2.05) is 18.7 Å². The zero-order chi connectivity index (χ0) is 12.8. The van der Waals surface area contributed by atoms with E-state index in [4.69, 9.17) is 9.47 Å². The Morgan fingerprint density at radius 3 is 2.94 bits per heavy atom. The summed E-state index contributed by atoms with van der Waals surface area (Å²) in [7, 11) is 0. The molecule has 0 amide bonds. The highest BCUT2D eigenvalue weighted by Gasteiger charge is 2.40. The Hall–Kier alpha value is -0.0600. The SMILES string of the molecule is CCOCCC(=O)C1CCOC2(CCSCC2)C1. The minimum absolute atomic E-state index is 0.0233. The topological polar surface area (TPSA) is 35.5 Å². The maximum atomic E-state index is 12.2. The summed E-state index contributed by atoms with van der Waals surface area (Å²) in [5, 5.41) is 0. The summed E-state index contributed by atoms with van der Waals surface area (Å²) >= 11 is 2.00. The molecule has 1 spiro atoms. The number of ketones is 1. The molecule has 0 aromatic carbocycles. The Kier molecular flexibility index (Phi) is 5.52. The highest BCUT2D eigenvalue weighted by Crippen LogP contribution is 2.40. The van der Waals surface area contributed by atoms with Crippen LogP contribution in [0, 0.1) is 5.92 Å². The lowest BCUT2D eigenvalue weighted by molar-refractivity contribution is -0.139. The first-order chi connectivity index (χ1) is 8.76. The molecule has 2 rings (SSSR count). The van der Waals surface area contributed by atoms with Crippen LogP contribution in [0.1, 0.15) is 39.0 Å². The molecule has 2 aliphatic heterocycles. The van der Waals surface area contributed by atoms with Crippen molar-refractivity contribution < 1.29 is 14.3 Å². The first-order valence-corrected chi connectivity index (χ1v) is 8.23. The molecule has 3 nitrogen and oxygen atoms in total. The van der Waals surface area contributed by atoms with Crippen LogP contribution in [0.2, 0.25) is 0 Å². The zero-order valence-electron chi connectivity index (χ0n) is 11.3. The van der Waals surface area contributed by atoms with Crippen LogP contribution in [0.15, 0.2) is 0 Å². The average Bonchev–Trinajstić information content (AvgIpc) is 2.40. The predicted molar refractivity (Wildman–Crippen MR) is 74.1 cm³/mol. The number of Topliss-reactive ketones (excluding diaryl/α,β-unsaturated/α-hetero) is 1. The molecule has 0 saturated carbocycles. The molecule has 1 unspecified atom stereocenters. The van der Waals surface area contributed by atoms with Crippen LogP contribution in [-0.4, -0.2) is 42.7 Å². The molecule has 0 bridgehead atoms. The monoisotopic (exact) mass is 272 g/mol. The van der Waals surface area contributed by atoms with Crippen LogP contribution in [0.4, 0.5) is 0 Å². The van der Waals surface area contributed by atoms with Gasteiger partial charge in [-0.25, -0.2) is 0 Å². The van der Waals surface area contributed by atoms with Crippen LogP contribution in [0.25, 0.3) is 0 Å². The van der Waals surface area contributed by atoms with E-state index in [1.165, 1.54) is 11.5 Å². The van der Waals surface area contributed by atoms with Crippen molar-refractivity contribution in [2.45, 2.75) is 44.6 Å². The number of hydrogen-bond acceptors (Lipinski definition) is 4. The summed E-state index contributed by atoms with van der Waals surface area (Å²) in [6, 6.07) is 0. The van der Waals surface area contributed by atoms with Crippen molar-refractivity contribution in [2.75, 3.05) is 31.3 Å². The van der Waals surface area contributed by atoms with Gasteiger partial charge in [-0.15, -0.1) is 0 Å². The minimum atomic E-state index is 0.0233. The van der Waals surface area contributed by atoms with Crippen molar-refractivity contribution in [2.24, 2.45) is 5.92 Å². The molecule has 0 aliphatic carbocycles. The third-order valence-corrected chi connectivity index (χ3v) is 5.03. The lowest BCUT2D eigenvalue weighted by Gasteiger charge is -2.43. The number of ether oxygens (including phenoxy) is 2. The normalized spacial score (nSPS) is 27.3. The third kappa shape index (κ3) is 3.72. The van der Waals surface area contributed by atoms with Gasteiger partial charge in [0.2, 0.25) is 0 Å². The molecule has 104 valence electrons. The quantitative estimate of drug-likeness (QED) is 0.721. The van der Waals surface area contributed by atoms with Gasteiger partial charge in [-0.1, -0.05) is 0 Å². The van der Waals surface area contributed by atoms with E-state index < -0.39 is 0 Å². The highest BCUT2D eigenvalue weighted by atomic mass is 32.2. The van der Waals surface area contributed by atoms with Gasteiger partial charge in [-0.2, -0.15) is 11.8 Å². The fourth-order valence-electron chi connectivity index (χ4n) is 2.92. The highest BCUT2D eigenvalue weighted by molar-refractivity contribution is 7.99. The van der Waals surface area contributed by atoms with Gasteiger partial charge in [0.25, 0.3) is 0 Å². The largest absolute Gasteiger partial charge is 0.381 e. The van der Waals surface area contributed by atoms with E-state index in [0.717, 1.165) is 32.3 Å². The second-order valence-corrected chi connectivity index (χ2v) is 6.47. The lowest BCUT2D eigenvalue weighted by atomic mass is 9.79. The molecular weight excluding hydrogens is 248 g/mol. The lowest BCUT2D eigenvalue weighted by Crippen LogP contribution is -2.44. The number of rotatable bonds is 5. The fraction of sp³-hybridized carbons (Fsp3) is 0.929. The van der Waals surface area contributed by atoms with E-state index in [-0.39, 0.29) is 11.5 Å². The van der Waals surface area contributed by atoms with Crippen LogP contribution >= 0.6 is 11.8 Å². The molecule has 4 heteroatoms. The number of carbonyl (C=O) groups excluding carboxylic acids is 1. The van der Waals surface area contributed by atoms with Gasteiger partial charge < -0.3 is 9.47 Å². The second-order valence-electron chi connectivity index (χ2n) is 5.25. The van der Waals surface area contributed by atoms with Gasteiger partial charge in [0.1, 0.15) is 5.78 Å². The van der Waals surface area contributed by atoms with Crippen molar-refractivity contribution in [1.82, 2.24) is 0 Å². The summed E-state index contributed by atoms with van der Waals surface area (Å²) in [4.78, 5) is 12.2. The van der Waals surface area contributed by atoms with Gasteiger partial charge in [0, 0.05) is 25.6 Å². The van der Waals surface area contributed by atoms with Crippen LogP contribution < -0.4 is 0 Å². The van der Waals surface area contributed by atoms with E-state index in [2.05, 4.69) is 0 Å². The van der Waals surface area contributed by atoms with E-state index >= 15 is 0 Å². The van der Waals surface area contributed by atoms with Gasteiger partial charge in [-0.3, -0.25) is 4.79 Å². The predicted octanol–water partition coefficient (Wildman–Crippen LogP) is 2.67. The zero-order valence-corrected chi connectivity index (χ0v) is 12.1. The van der Waals surface area contributed by atoms with E-state index in [9.17, 15) is 4.79 Å². The molecule has 0 aromatic rings. The van der Waals surface area contributed by atoms with Crippen molar-refractivity contribution in [1.29, 1.82) is 0 Å². The van der Waals surface area contributed by atoms with E-state index in [0.29, 0.717) is 25.4 Å². The summed E-state index contributed by atoms with van der Waals surface area (Å²) in [6.07, 6.45) is 4.65. The van der Waals surface area contributed by atoms with Gasteiger partial charge >= 0.3 is 0 Å². The Morgan fingerprint density at radius 1 is 1.44 bits per heavy atom. The Balaban J connectivity index is 1.83. The standard InChI is InChI=1S/C14H24O3S/c1-2-16-7-4-13(15)12-3-8-17-14(11-12)5-9-18-10-6-14/h12H,2-11H2,1H3. The van der Waals surface area contributed by atoms with Crippen LogP contribution in [0.5, 0.6) is 0 Å². The van der Waals surface area contributed by atoms with Crippen molar-refractivity contribution in [3.05, 3.63) is 0 Å². The summed E-state index contributed by atoms with van der Waals surface area (Å²) in [5.74, 6) is 2.95. The molecule has 2 saturated heterocycles. The molecule has 2 fully saturated rings. The Bertz CT molecular complexity index is 269. The van der Waals surface area contributed by atoms with Gasteiger partial charge in [0.05, 0.1) is 12.2 Å². The first-order valence-electron chi connectivity index (χ1n) is 7.08. The molecule has 0 radical (unpaired) electrons. The number of thioether (sulfide) groups is 1. The summed E-state index contributed by atoms with van der Waals surface area (Å²) < 4.78 is 11.3.